The number of fused-ring (bicyclic) bond motifs is 1. The van der Waals surface area contributed by atoms with Gasteiger partial charge in [-0.15, -0.1) is 0 Å². The zero-order valence-electron chi connectivity index (χ0n) is 9.74. The largest absolute Gasteiger partial charge is 0.497 e. The van der Waals surface area contributed by atoms with E-state index in [9.17, 15) is 0 Å². The van der Waals surface area contributed by atoms with Crippen LogP contribution in [-0.4, -0.2) is 19.1 Å². The van der Waals surface area contributed by atoms with Gasteiger partial charge in [0.15, 0.2) is 0 Å². The zero-order valence-corrected chi connectivity index (χ0v) is 9.74. The Labute approximate surface area is 91.2 Å². The van der Waals surface area contributed by atoms with Gasteiger partial charge in [-0.05, 0) is 43.2 Å². The van der Waals surface area contributed by atoms with Crippen LogP contribution in [-0.2, 0) is 5.54 Å². The number of benzene rings is 1. The van der Waals surface area contributed by atoms with E-state index < -0.39 is 0 Å². The van der Waals surface area contributed by atoms with Gasteiger partial charge in [-0.2, -0.15) is 0 Å². The molecule has 0 N–H and O–H groups in total. The Morgan fingerprint density at radius 1 is 1.27 bits per heavy atom. The molecule has 0 amide bonds. The molecule has 0 saturated carbocycles. The normalized spacial score (nSPS) is 17.5. The summed E-state index contributed by atoms with van der Waals surface area (Å²) in [6.07, 6.45) is 4.24. The molecular weight excluding hydrogens is 186 g/mol. The topological polar surface area (TPSA) is 12.5 Å². The second-order valence-electron chi connectivity index (χ2n) is 4.44. The molecule has 0 aliphatic carbocycles. The van der Waals surface area contributed by atoms with Crippen molar-refractivity contribution in [1.82, 2.24) is 4.90 Å². The number of rotatable bonds is 1. The molecule has 0 bridgehead atoms. The smallest absolute Gasteiger partial charge is 0.119 e. The van der Waals surface area contributed by atoms with Gasteiger partial charge in [0.1, 0.15) is 5.75 Å². The molecule has 1 aliphatic rings. The summed E-state index contributed by atoms with van der Waals surface area (Å²) >= 11 is 0. The van der Waals surface area contributed by atoms with Gasteiger partial charge in [-0.1, -0.05) is 6.07 Å². The fourth-order valence-electron chi connectivity index (χ4n) is 1.93. The lowest BCUT2D eigenvalue weighted by Crippen LogP contribution is -2.37. The second kappa shape index (κ2) is 3.30. The number of hydrogen-bond donors (Lipinski definition) is 0. The number of nitrogens with zero attached hydrogens (tertiary/aromatic N) is 1. The second-order valence-corrected chi connectivity index (χ2v) is 4.44. The Hall–Kier alpha value is -1.44. The first-order valence-electron chi connectivity index (χ1n) is 5.15. The first-order valence-corrected chi connectivity index (χ1v) is 5.15. The van der Waals surface area contributed by atoms with E-state index in [1.54, 1.807) is 7.11 Å². The van der Waals surface area contributed by atoms with Crippen LogP contribution < -0.4 is 4.74 Å². The third-order valence-electron chi connectivity index (χ3n) is 3.28. The van der Waals surface area contributed by atoms with E-state index in [1.165, 1.54) is 11.1 Å². The molecule has 2 heteroatoms. The summed E-state index contributed by atoms with van der Waals surface area (Å²) in [6, 6.07) is 6.25. The minimum atomic E-state index is 0.0519. The van der Waals surface area contributed by atoms with E-state index in [4.69, 9.17) is 4.74 Å². The van der Waals surface area contributed by atoms with Crippen molar-refractivity contribution in [2.45, 2.75) is 19.4 Å². The van der Waals surface area contributed by atoms with E-state index in [1.807, 2.05) is 6.07 Å². The SMILES string of the molecule is COc1ccc2c(c1)C=CN(C)C2(C)C. The summed E-state index contributed by atoms with van der Waals surface area (Å²) in [7, 11) is 3.80. The standard InChI is InChI=1S/C13H17NO/c1-13(2)12-6-5-11(15-4)9-10(12)7-8-14(13)3/h5-9H,1-4H3. The molecule has 0 spiro atoms. The molecular formula is C13H17NO. The maximum atomic E-state index is 5.23. The highest BCUT2D eigenvalue weighted by atomic mass is 16.5. The molecule has 80 valence electrons. The van der Waals surface area contributed by atoms with Crippen molar-refractivity contribution in [2.75, 3.05) is 14.2 Å². The van der Waals surface area contributed by atoms with Crippen LogP contribution in [0.3, 0.4) is 0 Å². The van der Waals surface area contributed by atoms with Crippen molar-refractivity contribution in [3.63, 3.8) is 0 Å². The monoisotopic (exact) mass is 203 g/mol. The van der Waals surface area contributed by atoms with Crippen molar-refractivity contribution in [1.29, 1.82) is 0 Å². The molecule has 0 aromatic heterocycles. The lowest BCUT2D eigenvalue weighted by Gasteiger charge is -2.39. The fourth-order valence-corrected chi connectivity index (χ4v) is 1.93. The van der Waals surface area contributed by atoms with Gasteiger partial charge >= 0.3 is 0 Å². The van der Waals surface area contributed by atoms with E-state index >= 15 is 0 Å². The number of hydrogen-bond acceptors (Lipinski definition) is 2. The van der Waals surface area contributed by atoms with Crippen LogP contribution in [0.4, 0.5) is 0 Å². The van der Waals surface area contributed by atoms with Crippen molar-refractivity contribution >= 4 is 6.08 Å². The van der Waals surface area contributed by atoms with Crippen molar-refractivity contribution in [2.24, 2.45) is 0 Å². The highest BCUT2D eigenvalue weighted by Crippen LogP contribution is 2.35. The molecule has 1 aromatic rings. The van der Waals surface area contributed by atoms with Crippen LogP contribution in [0.25, 0.3) is 6.08 Å². The Balaban J connectivity index is 2.55. The zero-order chi connectivity index (χ0) is 11.1. The number of ether oxygens (including phenoxy) is 1. The summed E-state index contributed by atoms with van der Waals surface area (Å²) in [5.74, 6) is 0.916. The lowest BCUT2D eigenvalue weighted by atomic mass is 9.86. The third-order valence-corrected chi connectivity index (χ3v) is 3.28. The highest BCUT2D eigenvalue weighted by molar-refractivity contribution is 5.60. The van der Waals surface area contributed by atoms with Crippen LogP contribution in [0.1, 0.15) is 25.0 Å². The summed E-state index contributed by atoms with van der Waals surface area (Å²) in [4.78, 5) is 2.22. The van der Waals surface area contributed by atoms with Crippen molar-refractivity contribution in [3.05, 3.63) is 35.5 Å². The van der Waals surface area contributed by atoms with Gasteiger partial charge in [0.25, 0.3) is 0 Å². The molecule has 0 fully saturated rings. The van der Waals surface area contributed by atoms with E-state index in [2.05, 4.69) is 50.2 Å². The third kappa shape index (κ3) is 1.50. The van der Waals surface area contributed by atoms with Gasteiger partial charge in [-0.25, -0.2) is 0 Å². The molecule has 15 heavy (non-hydrogen) atoms. The fraction of sp³-hybridized carbons (Fsp3) is 0.385. The molecule has 2 rings (SSSR count). The van der Waals surface area contributed by atoms with Crippen LogP contribution in [0, 0.1) is 0 Å². The lowest BCUT2D eigenvalue weighted by molar-refractivity contribution is 0.225. The minimum Gasteiger partial charge on any atom is -0.497 e. The van der Waals surface area contributed by atoms with Crippen LogP contribution in [0.15, 0.2) is 24.4 Å². The van der Waals surface area contributed by atoms with Gasteiger partial charge in [0, 0.05) is 13.2 Å². The predicted octanol–water partition coefficient (Wildman–Crippen LogP) is 2.85. The maximum absolute atomic E-state index is 5.23. The first-order chi connectivity index (χ1) is 7.05. The number of methoxy groups -OCH3 is 1. The van der Waals surface area contributed by atoms with Crippen molar-refractivity contribution in [3.8, 4) is 5.75 Å². The molecule has 2 nitrogen and oxygen atoms in total. The molecule has 0 radical (unpaired) electrons. The molecule has 1 aliphatic heterocycles. The molecule has 0 unspecified atom stereocenters. The molecule has 1 heterocycles. The predicted molar refractivity (Wildman–Crippen MR) is 62.8 cm³/mol. The maximum Gasteiger partial charge on any atom is 0.119 e. The van der Waals surface area contributed by atoms with Crippen LogP contribution in [0.5, 0.6) is 5.75 Å². The van der Waals surface area contributed by atoms with Gasteiger partial charge in [0.2, 0.25) is 0 Å². The average Bonchev–Trinajstić information content (AvgIpc) is 2.23. The van der Waals surface area contributed by atoms with E-state index in [0.717, 1.165) is 5.75 Å². The minimum absolute atomic E-state index is 0.0519. The summed E-state index contributed by atoms with van der Waals surface area (Å²) in [5.41, 5.74) is 2.64. The Morgan fingerprint density at radius 3 is 2.67 bits per heavy atom. The van der Waals surface area contributed by atoms with Gasteiger partial charge in [0.05, 0.1) is 12.6 Å². The Bertz CT molecular complexity index is 407. The van der Waals surface area contributed by atoms with E-state index in [-0.39, 0.29) is 5.54 Å². The van der Waals surface area contributed by atoms with Gasteiger partial charge < -0.3 is 9.64 Å². The summed E-state index contributed by atoms with van der Waals surface area (Å²) in [6.45, 7) is 4.45. The van der Waals surface area contributed by atoms with Crippen LogP contribution in [0.2, 0.25) is 0 Å². The molecule has 0 saturated heterocycles. The van der Waals surface area contributed by atoms with Crippen LogP contribution >= 0.6 is 0 Å². The first kappa shape index (κ1) is 10.1. The molecule has 1 aromatic carbocycles. The molecule has 0 atom stereocenters. The van der Waals surface area contributed by atoms with E-state index in [0.29, 0.717) is 0 Å². The van der Waals surface area contributed by atoms with Crippen molar-refractivity contribution < 1.29 is 4.74 Å². The van der Waals surface area contributed by atoms with Gasteiger partial charge in [-0.3, -0.25) is 0 Å². The summed E-state index contributed by atoms with van der Waals surface area (Å²) < 4.78 is 5.23. The average molecular weight is 203 g/mol. The summed E-state index contributed by atoms with van der Waals surface area (Å²) in [5, 5.41) is 0. The quantitative estimate of drug-likeness (QED) is 0.696. The highest BCUT2D eigenvalue weighted by Gasteiger charge is 2.28. The Kier molecular flexibility index (Phi) is 2.22. The Morgan fingerprint density at radius 2 is 2.00 bits per heavy atom.